The van der Waals surface area contributed by atoms with Gasteiger partial charge in [-0.25, -0.2) is 4.98 Å². The topological polar surface area (TPSA) is 40.6 Å². The van der Waals surface area contributed by atoms with E-state index in [1.165, 1.54) is 0 Å². The first-order chi connectivity index (χ1) is 12.8. The highest BCUT2D eigenvalue weighted by atomic mass is 35.5. The van der Waals surface area contributed by atoms with Crippen LogP contribution >= 0.6 is 23.8 Å². The van der Waals surface area contributed by atoms with Crippen molar-refractivity contribution in [3.8, 4) is 0 Å². The molecule has 0 atom stereocenters. The molecule has 0 aromatic carbocycles. The molecule has 1 spiro atoms. The number of hydrogen-bond donors (Lipinski definition) is 1. The number of rotatable bonds is 3. The third kappa shape index (κ3) is 4.14. The number of nitrogens with one attached hydrogen (secondary N) is 1. The number of pyridine rings is 1. The van der Waals surface area contributed by atoms with Crippen molar-refractivity contribution in [2.75, 3.05) is 37.7 Å². The number of aromatic nitrogens is 1. The summed E-state index contributed by atoms with van der Waals surface area (Å²) in [6.07, 6.45) is -0.633. The summed E-state index contributed by atoms with van der Waals surface area (Å²) in [4.78, 5) is 7.88. The van der Waals surface area contributed by atoms with Gasteiger partial charge >= 0.3 is 6.18 Å². The lowest BCUT2D eigenvalue weighted by molar-refractivity contribution is -0.137. The van der Waals surface area contributed by atoms with Crippen molar-refractivity contribution in [3.63, 3.8) is 0 Å². The van der Waals surface area contributed by atoms with Crippen LogP contribution in [0, 0.1) is 0 Å². The molecule has 2 aliphatic heterocycles. The number of hydrogen-bond acceptors (Lipinski definition) is 4. The van der Waals surface area contributed by atoms with Crippen LogP contribution in [0.4, 0.5) is 19.0 Å². The van der Waals surface area contributed by atoms with Crippen LogP contribution in [0.2, 0.25) is 5.02 Å². The Kier molecular flexibility index (Phi) is 5.83. The number of piperidine rings is 1. The van der Waals surface area contributed by atoms with Crippen molar-refractivity contribution in [1.29, 1.82) is 0 Å². The van der Waals surface area contributed by atoms with Crippen LogP contribution in [0.3, 0.4) is 0 Å². The molecule has 2 saturated heterocycles. The van der Waals surface area contributed by atoms with Gasteiger partial charge in [-0.3, -0.25) is 0 Å². The minimum Gasteiger partial charge on any atom is -0.359 e. The van der Waals surface area contributed by atoms with Gasteiger partial charge in [0.25, 0.3) is 0 Å². The minimum absolute atomic E-state index is 0.00635. The number of nitrogens with zero attached hydrogens (tertiary/aromatic N) is 3. The van der Waals surface area contributed by atoms with Crippen LogP contribution in [-0.4, -0.2) is 53.5 Å². The van der Waals surface area contributed by atoms with E-state index in [-0.39, 0.29) is 5.02 Å². The van der Waals surface area contributed by atoms with Gasteiger partial charge in [-0.2, -0.15) is 13.2 Å². The fourth-order valence-electron chi connectivity index (χ4n) is 3.45. The molecule has 148 valence electrons. The molecule has 0 bridgehead atoms. The van der Waals surface area contributed by atoms with Gasteiger partial charge in [0.15, 0.2) is 5.11 Å². The summed E-state index contributed by atoms with van der Waals surface area (Å²) >= 11 is 11.5. The third-order valence-corrected chi connectivity index (χ3v) is 5.46. The maximum absolute atomic E-state index is 12.8. The van der Waals surface area contributed by atoms with Gasteiger partial charge in [-0.05, 0) is 18.3 Å². The first kappa shape index (κ1) is 20.2. The SMILES string of the molecule is C=CCNC(=S)N1CCOC12CCN(c1ncc(C(F)(F)F)cc1Cl)CC2. The fraction of sp³-hybridized carbons (Fsp3) is 0.529. The first-order valence-electron chi connectivity index (χ1n) is 8.55. The van der Waals surface area contributed by atoms with Crippen LogP contribution in [-0.2, 0) is 10.9 Å². The summed E-state index contributed by atoms with van der Waals surface area (Å²) in [5.74, 6) is 0.358. The number of thiocarbonyl (C=S) groups is 1. The zero-order chi connectivity index (χ0) is 19.7. The quantitative estimate of drug-likeness (QED) is 0.596. The minimum atomic E-state index is -4.46. The van der Waals surface area contributed by atoms with Crippen LogP contribution in [0.5, 0.6) is 0 Å². The van der Waals surface area contributed by atoms with Crippen LogP contribution < -0.4 is 10.2 Å². The maximum Gasteiger partial charge on any atom is 0.417 e. The molecule has 27 heavy (non-hydrogen) atoms. The third-order valence-electron chi connectivity index (χ3n) is 4.81. The Labute approximate surface area is 166 Å². The van der Waals surface area contributed by atoms with Gasteiger partial charge in [0, 0.05) is 45.2 Å². The molecule has 0 unspecified atom stereocenters. The molecular formula is C17H20ClF3N4OS. The summed E-state index contributed by atoms with van der Waals surface area (Å²) in [6.45, 7) is 6.62. The molecule has 1 aromatic rings. The highest BCUT2D eigenvalue weighted by Gasteiger charge is 2.46. The van der Waals surface area contributed by atoms with Gasteiger partial charge < -0.3 is 19.9 Å². The highest BCUT2D eigenvalue weighted by molar-refractivity contribution is 7.80. The van der Waals surface area contributed by atoms with Crippen molar-refractivity contribution in [2.45, 2.75) is 24.7 Å². The van der Waals surface area contributed by atoms with Gasteiger partial charge in [0.1, 0.15) is 11.5 Å². The Morgan fingerprint density at radius 1 is 1.41 bits per heavy atom. The largest absolute Gasteiger partial charge is 0.417 e. The monoisotopic (exact) mass is 420 g/mol. The lowest BCUT2D eigenvalue weighted by Crippen LogP contribution is -2.57. The van der Waals surface area contributed by atoms with Crippen molar-refractivity contribution in [1.82, 2.24) is 15.2 Å². The molecule has 0 amide bonds. The second-order valence-electron chi connectivity index (χ2n) is 6.44. The summed E-state index contributed by atoms with van der Waals surface area (Å²) in [6, 6.07) is 0.918. The highest BCUT2D eigenvalue weighted by Crippen LogP contribution is 2.38. The summed E-state index contributed by atoms with van der Waals surface area (Å²) in [7, 11) is 0. The summed E-state index contributed by atoms with van der Waals surface area (Å²) < 4.78 is 44.4. The Morgan fingerprint density at radius 2 is 2.11 bits per heavy atom. The van der Waals surface area contributed by atoms with E-state index in [0.29, 0.717) is 56.6 Å². The van der Waals surface area contributed by atoms with E-state index >= 15 is 0 Å². The molecule has 0 radical (unpaired) electrons. The van der Waals surface area contributed by atoms with Gasteiger partial charge in [-0.1, -0.05) is 17.7 Å². The van der Waals surface area contributed by atoms with E-state index < -0.39 is 17.5 Å². The Morgan fingerprint density at radius 3 is 2.70 bits per heavy atom. The van der Waals surface area contributed by atoms with Gasteiger partial charge in [0.2, 0.25) is 0 Å². The van der Waals surface area contributed by atoms with E-state index in [4.69, 9.17) is 28.6 Å². The molecule has 5 nitrogen and oxygen atoms in total. The number of halogens is 4. The lowest BCUT2D eigenvalue weighted by Gasteiger charge is -2.44. The molecule has 2 aliphatic rings. The van der Waals surface area contributed by atoms with Crippen molar-refractivity contribution in [3.05, 3.63) is 35.5 Å². The van der Waals surface area contributed by atoms with Crippen molar-refractivity contribution in [2.24, 2.45) is 0 Å². The van der Waals surface area contributed by atoms with Crippen LogP contribution in [0.25, 0.3) is 0 Å². The van der Waals surface area contributed by atoms with E-state index in [9.17, 15) is 13.2 Å². The predicted molar refractivity (Wildman–Crippen MR) is 102 cm³/mol. The number of anilines is 1. The molecular weight excluding hydrogens is 401 g/mol. The second kappa shape index (κ2) is 7.81. The molecule has 3 rings (SSSR count). The fourth-order valence-corrected chi connectivity index (χ4v) is 4.08. The number of ether oxygens (including phenoxy) is 1. The summed E-state index contributed by atoms with van der Waals surface area (Å²) in [5, 5.41) is 3.73. The maximum atomic E-state index is 12.8. The zero-order valence-corrected chi connectivity index (χ0v) is 16.1. The van der Waals surface area contributed by atoms with E-state index in [2.05, 4.69) is 16.9 Å². The standard InChI is InChI=1S/C17H20ClF3N4OS/c1-2-5-22-15(27)25-8-9-26-16(25)3-6-24(7-4-16)14-13(18)10-12(11-23-14)17(19,20)21/h2,10-11H,1,3-9H2,(H,22,27). The van der Waals surface area contributed by atoms with Crippen molar-refractivity contribution < 1.29 is 17.9 Å². The van der Waals surface area contributed by atoms with Gasteiger partial charge in [0.05, 0.1) is 17.2 Å². The zero-order valence-electron chi connectivity index (χ0n) is 14.6. The molecule has 2 fully saturated rings. The average Bonchev–Trinajstić information content (AvgIpc) is 3.03. The lowest BCUT2D eigenvalue weighted by atomic mass is 9.99. The Balaban J connectivity index is 1.70. The Bertz CT molecular complexity index is 723. The van der Waals surface area contributed by atoms with E-state index in [1.54, 1.807) is 6.08 Å². The second-order valence-corrected chi connectivity index (χ2v) is 7.23. The van der Waals surface area contributed by atoms with Gasteiger partial charge in [-0.15, -0.1) is 6.58 Å². The smallest absolute Gasteiger partial charge is 0.359 e. The number of alkyl halides is 3. The summed E-state index contributed by atoms with van der Waals surface area (Å²) in [5.41, 5.74) is -1.35. The molecule has 1 N–H and O–H groups in total. The van der Waals surface area contributed by atoms with E-state index in [1.807, 2.05) is 9.80 Å². The van der Waals surface area contributed by atoms with E-state index in [0.717, 1.165) is 12.3 Å². The average molecular weight is 421 g/mol. The molecule has 10 heteroatoms. The van der Waals surface area contributed by atoms with Crippen LogP contribution in [0.1, 0.15) is 18.4 Å². The molecule has 1 aromatic heterocycles. The molecule has 3 heterocycles. The molecule has 0 aliphatic carbocycles. The van der Waals surface area contributed by atoms with Crippen LogP contribution in [0.15, 0.2) is 24.9 Å². The Hall–Kier alpha value is -1.58. The first-order valence-corrected chi connectivity index (χ1v) is 9.33. The van der Waals surface area contributed by atoms with Crippen molar-refractivity contribution >= 4 is 34.7 Å². The normalized spacial score (nSPS) is 19.4. The predicted octanol–water partition coefficient (Wildman–Crippen LogP) is 3.44. The molecule has 0 saturated carbocycles.